The molecule has 6 nitrogen and oxygen atoms in total. The van der Waals surface area contributed by atoms with E-state index >= 15 is 0 Å². The minimum absolute atomic E-state index is 0.0736. The van der Waals surface area contributed by atoms with Gasteiger partial charge in [-0.1, -0.05) is 36.8 Å². The molecular weight excluding hydrogens is 386 g/mol. The lowest BCUT2D eigenvalue weighted by Gasteiger charge is -2.32. The standard InChI is InChI=1S/C22H29N3O3S/c1-18-8-6-7-15-25(18)17-22(26)23-20-11-13-21(14-12-20)29(27,28)24(2)16-19-9-4-3-5-10-19/h3-5,9-14,18H,6-8,15-17H2,1-2H3,(H,23,26). The summed E-state index contributed by atoms with van der Waals surface area (Å²) >= 11 is 0. The molecule has 0 bridgehead atoms. The number of hydrogen-bond donors (Lipinski definition) is 1. The van der Waals surface area contributed by atoms with Crippen molar-refractivity contribution >= 4 is 21.6 Å². The third kappa shape index (κ3) is 5.65. The van der Waals surface area contributed by atoms with Gasteiger partial charge in [0.15, 0.2) is 0 Å². The van der Waals surface area contributed by atoms with E-state index < -0.39 is 10.0 Å². The number of nitrogens with zero attached hydrogens (tertiary/aromatic N) is 2. The molecule has 1 heterocycles. The normalized spacial score (nSPS) is 18.0. The minimum Gasteiger partial charge on any atom is -0.325 e. The van der Waals surface area contributed by atoms with Crippen molar-refractivity contribution in [3.05, 3.63) is 60.2 Å². The van der Waals surface area contributed by atoms with Gasteiger partial charge in [0.25, 0.3) is 0 Å². The number of benzene rings is 2. The predicted octanol–water partition coefficient (Wildman–Crippen LogP) is 3.32. The highest BCUT2D eigenvalue weighted by molar-refractivity contribution is 7.89. The van der Waals surface area contributed by atoms with Gasteiger partial charge >= 0.3 is 0 Å². The summed E-state index contributed by atoms with van der Waals surface area (Å²) in [7, 11) is -2.03. The van der Waals surface area contributed by atoms with Crippen molar-refractivity contribution in [3.63, 3.8) is 0 Å². The molecule has 1 amide bonds. The molecule has 156 valence electrons. The monoisotopic (exact) mass is 415 g/mol. The van der Waals surface area contributed by atoms with Crippen molar-refractivity contribution in [1.82, 2.24) is 9.21 Å². The number of likely N-dealkylation sites (tertiary alicyclic amines) is 1. The van der Waals surface area contributed by atoms with Gasteiger partial charge in [-0.25, -0.2) is 8.42 Å². The van der Waals surface area contributed by atoms with Gasteiger partial charge in [-0.05, 0) is 56.1 Å². The minimum atomic E-state index is -3.60. The van der Waals surface area contributed by atoms with E-state index in [1.807, 2.05) is 30.3 Å². The number of carbonyl (C=O) groups excluding carboxylic acids is 1. The van der Waals surface area contributed by atoms with E-state index in [1.165, 1.54) is 22.9 Å². The molecule has 29 heavy (non-hydrogen) atoms. The second-order valence-corrected chi connectivity index (χ2v) is 9.68. The average molecular weight is 416 g/mol. The molecule has 1 atom stereocenters. The van der Waals surface area contributed by atoms with E-state index in [0.29, 0.717) is 24.8 Å². The van der Waals surface area contributed by atoms with Crippen LogP contribution in [0.25, 0.3) is 0 Å². The van der Waals surface area contributed by atoms with Gasteiger partial charge in [0.2, 0.25) is 15.9 Å². The first-order valence-corrected chi connectivity index (χ1v) is 11.4. The second-order valence-electron chi connectivity index (χ2n) is 7.63. The number of nitrogens with one attached hydrogen (secondary N) is 1. The summed E-state index contributed by atoms with van der Waals surface area (Å²) in [5.74, 6) is -0.0736. The van der Waals surface area contributed by atoms with E-state index in [1.54, 1.807) is 19.2 Å². The van der Waals surface area contributed by atoms with Crippen LogP contribution in [-0.4, -0.2) is 49.7 Å². The molecule has 0 aromatic heterocycles. The number of rotatable bonds is 7. The van der Waals surface area contributed by atoms with Crippen molar-refractivity contribution < 1.29 is 13.2 Å². The Morgan fingerprint density at radius 1 is 1.10 bits per heavy atom. The van der Waals surface area contributed by atoms with Gasteiger partial charge in [0.1, 0.15) is 0 Å². The van der Waals surface area contributed by atoms with Crippen molar-refractivity contribution in [2.24, 2.45) is 0 Å². The van der Waals surface area contributed by atoms with Crippen molar-refractivity contribution in [3.8, 4) is 0 Å². The molecule has 1 N–H and O–H groups in total. The van der Waals surface area contributed by atoms with Gasteiger partial charge in [-0.15, -0.1) is 0 Å². The van der Waals surface area contributed by atoms with Crippen LogP contribution in [0, 0.1) is 0 Å². The van der Waals surface area contributed by atoms with Gasteiger partial charge in [0.05, 0.1) is 11.4 Å². The van der Waals surface area contributed by atoms with Crippen molar-refractivity contribution in [2.75, 3.05) is 25.5 Å². The number of amides is 1. The molecular formula is C22H29N3O3S. The summed E-state index contributed by atoms with van der Waals surface area (Å²) in [5.41, 5.74) is 1.53. The second kappa shape index (κ2) is 9.52. The number of piperidine rings is 1. The van der Waals surface area contributed by atoms with Crippen LogP contribution in [0.2, 0.25) is 0 Å². The summed E-state index contributed by atoms with van der Waals surface area (Å²) < 4.78 is 26.9. The summed E-state index contributed by atoms with van der Waals surface area (Å²) in [5, 5.41) is 2.87. The Labute approximate surface area is 173 Å². The van der Waals surface area contributed by atoms with Crippen LogP contribution in [0.3, 0.4) is 0 Å². The molecule has 0 aliphatic carbocycles. The number of sulfonamides is 1. The SMILES string of the molecule is CC1CCCCN1CC(=O)Nc1ccc(S(=O)(=O)N(C)Cc2ccccc2)cc1. The fourth-order valence-corrected chi connectivity index (χ4v) is 4.75. The van der Waals surface area contributed by atoms with Crippen LogP contribution < -0.4 is 5.32 Å². The first-order chi connectivity index (χ1) is 13.9. The smallest absolute Gasteiger partial charge is 0.243 e. The lowest BCUT2D eigenvalue weighted by molar-refractivity contribution is -0.118. The Morgan fingerprint density at radius 2 is 1.79 bits per heavy atom. The predicted molar refractivity (Wildman–Crippen MR) is 115 cm³/mol. The van der Waals surface area contributed by atoms with Gasteiger partial charge in [0, 0.05) is 25.3 Å². The Balaban J connectivity index is 1.60. The zero-order valence-corrected chi connectivity index (χ0v) is 17.9. The van der Waals surface area contributed by atoms with Crippen LogP contribution >= 0.6 is 0 Å². The first-order valence-electron chi connectivity index (χ1n) is 10.0. The lowest BCUT2D eigenvalue weighted by Crippen LogP contribution is -2.42. The van der Waals surface area contributed by atoms with E-state index in [-0.39, 0.29) is 10.8 Å². The molecule has 1 fully saturated rings. The highest BCUT2D eigenvalue weighted by Gasteiger charge is 2.22. The molecule has 1 aliphatic rings. The van der Waals surface area contributed by atoms with Gasteiger partial charge < -0.3 is 5.32 Å². The topological polar surface area (TPSA) is 69.7 Å². The van der Waals surface area contributed by atoms with Crippen LogP contribution in [0.15, 0.2) is 59.5 Å². The summed E-state index contributed by atoms with van der Waals surface area (Å²) in [6.07, 6.45) is 3.46. The number of hydrogen-bond acceptors (Lipinski definition) is 4. The van der Waals surface area contributed by atoms with E-state index in [2.05, 4.69) is 17.1 Å². The fraction of sp³-hybridized carbons (Fsp3) is 0.409. The molecule has 0 saturated carbocycles. The average Bonchev–Trinajstić information content (AvgIpc) is 2.71. The van der Waals surface area contributed by atoms with E-state index in [0.717, 1.165) is 24.9 Å². The fourth-order valence-electron chi connectivity index (χ4n) is 3.59. The third-order valence-electron chi connectivity index (χ3n) is 5.38. The molecule has 0 radical (unpaired) electrons. The van der Waals surface area contributed by atoms with Crippen LogP contribution in [0.1, 0.15) is 31.7 Å². The molecule has 0 spiro atoms. The van der Waals surface area contributed by atoms with Gasteiger partial charge in [-0.2, -0.15) is 4.31 Å². The molecule has 1 aliphatic heterocycles. The molecule has 1 saturated heterocycles. The first kappa shape index (κ1) is 21.5. The molecule has 1 unspecified atom stereocenters. The molecule has 7 heteroatoms. The van der Waals surface area contributed by atoms with Crippen LogP contribution in [0.5, 0.6) is 0 Å². The lowest BCUT2D eigenvalue weighted by atomic mass is 10.0. The van der Waals surface area contributed by atoms with E-state index in [4.69, 9.17) is 0 Å². The maximum Gasteiger partial charge on any atom is 0.243 e. The number of carbonyl (C=O) groups is 1. The Hall–Kier alpha value is -2.22. The molecule has 3 rings (SSSR count). The zero-order chi connectivity index (χ0) is 20.9. The maximum atomic E-state index is 12.8. The van der Waals surface area contributed by atoms with E-state index in [9.17, 15) is 13.2 Å². The Bertz CT molecular complexity index is 914. The summed E-state index contributed by atoms with van der Waals surface area (Å²) in [6.45, 7) is 3.76. The van der Waals surface area contributed by atoms with Crippen LogP contribution in [0.4, 0.5) is 5.69 Å². The Kier molecular flexibility index (Phi) is 7.05. The van der Waals surface area contributed by atoms with Gasteiger partial charge in [-0.3, -0.25) is 9.69 Å². The summed E-state index contributed by atoms with van der Waals surface area (Å²) in [4.78, 5) is 14.7. The quantitative estimate of drug-likeness (QED) is 0.753. The Morgan fingerprint density at radius 3 is 2.45 bits per heavy atom. The van der Waals surface area contributed by atoms with Crippen molar-refractivity contribution in [2.45, 2.75) is 43.7 Å². The zero-order valence-electron chi connectivity index (χ0n) is 17.0. The summed E-state index contributed by atoms with van der Waals surface area (Å²) in [6, 6.07) is 16.2. The maximum absolute atomic E-state index is 12.8. The third-order valence-corrected chi connectivity index (χ3v) is 7.20. The highest BCUT2D eigenvalue weighted by Crippen LogP contribution is 2.20. The number of anilines is 1. The highest BCUT2D eigenvalue weighted by atomic mass is 32.2. The van der Waals surface area contributed by atoms with Crippen LogP contribution in [-0.2, 0) is 21.4 Å². The largest absolute Gasteiger partial charge is 0.325 e. The molecule has 2 aromatic rings. The molecule has 2 aromatic carbocycles. The van der Waals surface area contributed by atoms with Crippen molar-refractivity contribution in [1.29, 1.82) is 0 Å².